The second kappa shape index (κ2) is 4.51. The fourth-order valence-corrected chi connectivity index (χ4v) is 1.92. The van der Waals surface area contributed by atoms with Crippen LogP contribution < -0.4 is 9.64 Å². The molecule has 1 aromatic rings. The Kier molecular flexibility index (Phi) is 3.08. The van der Waals surface area contributed by atoms with Crippen molar-refractivity contribution in [2.24, 2.45) is 0 Å². The van der Waals surface area contributed by atoms with Crippen LogP contribution in [0.3, 0.4) is 0 Å². The van der Waals surface area contributed by atoms with Crippen LogP contribution in [0.2, 0.25) is 0 Å². The molecule has 86 valence electrons. The number of amidine groups is 1. The maximum atomic E-state index is 13.7. The second-order valence-corrected chi connectivity index (χ2v) is 3.87. The molecule has 2 rings (SSSR count). The lowest BCUT2D eigenvalue weighted by atomic mass is 10.1. The summed E-state index contributed by atoms with van der Waals surface area (Å²) in [5.41, 5.74) is 0.448. The van der Waals surface area contributed by atoms with E-state index in [1.54, 1.807) is 24.1 Å². The first-order valence-electron chi connectivity index (χ1n) is 5.41. The lowest BCUT2D eigenvalue weighted by Gasteiger charge is -2.29. The number of benzene rings is 1. The third kappa shape index (κ3) is 2.01. The summed E-state index contributed by atoms with van der Waals surface area (Å²) in [7, 11) is 1.55. The highest BCUT2D eigenvalue weighted by molar-refractivity contribution is 5.96. The van der Waals surface area contributed by atoms with Crippen LogP contribution in [0.1, 0.15) is 19.3 Å². The number of halogens is 1. The van der Waals surface area contributed by atoms with Crippen molar-refractivity contribution >= 4 is 11.5 Å². The molecule has 0 amide bonds. The number of nitrogens with one attached hydrogen (secondary N) is 1. The number of rotatable bonds is 2. The second-order valence-electron chi connectivity index (χ2n) is 3.87. The number of hydrogen-bond acceptors (Lipinski definition) is 2. The number of piperidine rings is 1. The smallest absolute Gasteiger partial charge is 0.147 e. The van der Waals surface area contributed by atoms with Gasteiger partial charge in [0.1, 0.15) is 17.4 Å². The first-order valence-corrected chi connectivity index (χ1v) is 5.41. The van der Waals surface area contributed by atoms with Crippen molar-refractivity contribution in [1.29, 1.82) is 5.41 Å². The fraction of sp³-hybridized carbons (Fsp3) is 0.417. The van der Waals surface area contributed by atoms with E-state index < -0.39 is 0 Å². The summed E-state index contributed by atoms with van der Waals surface area (Å²) in [5, 5.41) is 7.83. The van der Waals surface area contributed by atoms with Gasteiger partial charge in [-0.25, -0.2) is 4.39 Å². The highest BCUT2D eigenvalue weighted by atomic mass is 19.1. The van der Waals surface area contributed by atoms with Gasteiger partial charge in [0.2, 0.25) is 0 Å². The highest BCUT2D eigenvalue weighted by Crippen LogP contribution is 2.27. The third-order valence-corrected chi connectivity index (χ3v) is 2.82. The molecule has 1 N–H and O–H groups in total. The van der Waals surface area contributed by atoms with E-state index in [4.69, 9.17) is 10.1 Å². The Balaban J connectivity index is 2.33. The van der Waals surface area contributed by atoms with Crippen molar-refractivity contribution in [2.75, 3.05) is 18.6 Å². The van der Waals surface area contributed by atoms with Gasteiger partial charge in [0.25, 0.3) is 0 Å². The molecule has 0 bridgehead atoms. The predicted molar refractivity (Wildman–Crippen MR) is 61.9 cm³/mol. The van der Waals surface area contributed by atoms with Gasteiger partial charge in [0.15, 0.2) is 0 Å². The van der Waals surface area contributed by atoms with Gasteiger partial charge >= 0.3 is 0 Å². The molecule has 0 unspecified atom stereocenters. The Morgan fingerprint density at radius 3 is 2.88 bits per heavy atom. The van der Waals surface area contributed by atoms with Crippen LogP contribution in [0.5, 0.6) is 5.75 Å². The molecule has 1 aliphatic rings. The van der Waals surface area contributed by atoms with Gasteiger partial charge in [0, 0.05) is 19.0 Å². The number of nitrogens with zero attached hydrogens (tertiary/aromatic N) is 1. The van der Waals surface area contributed by atoms with E-state index in [-0.39, 0.29) is 5.82 Å². The van der Waals surface area contributed by atoms with Crippen LogP contribution in [0, 0.1) is 11.2 Å². The molecule has 1 fully saturated rings. The number of hydrogen-bond donors (Lipinski definition) is 1. The summed E-state index contributed by atoms with van der Waals surface area (Å²) in [5.74, 6) is 0.806. The van der Waals surface area contributed by atoms with E-state index >= 15 is 0 Å². The Labute approximate surface area is 94.3 Å². The Morgan fingerprint density at radius 1 is 1.38 bits per heavy atom. The minimum atomic E-state index is -0.299. The van der Waals surface area contributed by atoms with Crippen molar-refractivity contribution < 1.29 is 9.13 Å². The zero-order valence-electron chi connectivity index (χ0n) is 9.29. The zero-order valence-corrected chi connectivity index (χ0v) is 9.29. The van der Waals surface area contributed by atoms with Crippen LogP contribution in [0.4, 0.5) is 10.1 Å². The topological polar surface area (TPSA) is 36.3 Å². The molecular weight excluding hydrogens is 207 g/mol. The van der Waals surface area contributed by atoms with E-state index in [0.29, 0.717) is 23.8 Å². The fourth-order valence-electron chi connectivity index (χ4n) is 1.92. The zero-order chi connectivity index (χ0) is 11.5. The van der Waals surface area contributed by atoms with Crippen molar-refractivity contribution in [3.63, 3.8) is 0 Å². The van der Waals surface area contributed by atoms with E-state index in [2.05, 4.69) is 0 Å². The molecule has 3 nitrogen and oxygen atoms in total. The molecule has 0 atom stereocenters. The van der Waals surface area contributed by atoms with Gasteiger partial charge < -0.3 is 9.64 Å². The normalized spacial score (nSPS) is 16.4. The molecule has 1 heterocycles. The molecule has 1 aromatic carbocycles. The molecular formula is C12H15FN2O. The molecule has 1 aliphatic heterocycles. The molecule has 0 spiro atoms. The van der Waals surface area contributed by atoms with Gasteiger partial charge in [-0.05, 0) is 25.0 Å². The average molecular weight is 222 g/mol. The molecule has 1 saturated heterocycles. The summed E-state index contributed by atoms with van der Waals surface area (Å²) < 4.78 is 18.7. The first kappa shape index (κ1) is 10.9. The molecule has 16 heavy (non-hydrogen) atoms. The summed E-state index contributed by atoms with van der Waals surface area (Å²) in [6, 6.07) is 4.62. The van der Waals surface area contributed by atoms with E-state index in [1.165, 1.54) is 6.07 Å². The standard InChI is InChI=1S/C12H15FN2O/c1-16-9-5-6-10(13)11(8-9)15-7-3-2-4-12(15)14/h5-6,8,14H,2-4,7H2,1H3. The van der Waals surface area contributed by atoms with Crippen LogP contribution in [-0.2, 0) is 0 Å². The summed E-state index contributed by atoms with van der Waals surface area (Å²) in [4.78, 5) is 1.72. The molecule has 0 aromatic heterocycles. The lowest BCUT2D eigenvalue weighted by molar-refractivity contribution is 0.413. The summed E-state index contributed by atoms with van der Waals surface area (Å²) in [6.07, 6.45) is 2.73. The van der Waals surface area contributed by atoms with Crippen molar-refractivity contribution in [3.05, 3.63) is 24.0 Å². The van der Waals surface area contributed by atoms with Crippen LogP contribution in [0.15, 0.2) is 18.2 Å². The van der Waals surface area contributed by atoms with Crippen LogP contribution in [0.25, 0.3) is 0 Å². The maximum absolute atomic E-state index is 13.7. The van der Waals surface area contributed by atoms with E-state index in [0.717, 1.165) is 19.3 Å². The largest absolute Gasteiger partial charge is 0.497 e. The van der Waals surface area contributed by atoms with Crippen LogP contribution in [-0.4, -0.2) is 19.5 Å². The minimum Gasteiger partial charge on any atom is -0.497 e. The summed E-state index contributed by atoms with van der Waals surface area (Å²) in [6.45, 7) is 0.711. The third-order valence-electron chi connectivity index (χ3n) is 2.82. The highest BCUT2D eigenvalue weighted by Gasteiger charge is 2.19. The molecule has 0 saturated carbocycles. The van der Waals surface area contributed by atoms with Crippen molar-refractivity contribution in [3.8, 4) is 5.75 Å². The molecule has 0 aliphatic carbocycles. The van der Waals surface area contributed by atoms with Gasteiger partial charge in [-0.15, -0.1) is 0 Å². The quantitative estimate of drug-likeness (QED) is 0.835. The Bertz CT molecular complexity index is 406. The predicted octanol–water partition coefficient (Wildman–Crippen LogP) is 2.80. The lowest BCUT2D eigenvalue weighted by Crippen LogP contribution is -2.35. The van der Waals surface area contributed by atoms with Gasteiger partial charge in [0.05, 0.1) is 12.8 Å². The van der Waals surface area contributed by atoms with Gasteiger partial charge in [-0.3, -0.25) is 5.41 Å². The minimum absolute atomic E-state index is 0.299. The van der Waals surface area contributed by atoms with E-state index in [9.17, 15) is 4.39 Å². The van der Waals surface area contributed by atoms with E-state index in [1.807, 2.05) is 0 Å². The van der Waals surface area contributed by atoms with Crippen molar-refractivity contribution in [1.82, 2.24) is 0 Å². The van der Waals surface area contributed by atoms with Gasteiger partial charge in [-0.1, -0.05) is 0 Å². The average Bonchev–Trinajstić information content (AvgIpc) is 2.31. The molecule has 4 heteroatoms. The monoisotopic (exact) mass is 222 g/mol. The Hall–Kier alpha value is -1.58. The Morgan fingerprint density at radius 2 is 2.19 bits per heavy atom. The maximum Gasteiger partial charge on any atom is 0.147 e. The number of methoxy groups -OCH3 is 1. The van der Waals surface area contributed by atoms with Crippen molar-refractivity contribution in [2.45, 2.75) is 19.3 Å². The SMILES string of the molecule is COc1ccc(F)c(N2CCCCC2=N)c1. The molecule has 0 radical (unpaired) electrons. The van der Waals surface area contributed by atoms with Gasteiger partial charge in [-0.2, -0.15) is 0 Å². The summed E-state index contributed by atoms with van der Waals surface area (Å²) >= 11 is 0. The van der Waals surface area contributed by atoms with Crippen LogP contribution >= 0.6 is 0 Å². The number of anilines is 1. The number of ether oxygens (including phenoxy) is 1. The first-order chi connectivity index (χ1) is 7.72.